The number of nitrogens with zero attached hydrogens (tertiary/aromatic N) is 3. The number of halogens is 1. The SMILES string of the molecule is O=C(Nc1nc2c(s1)CN(Cc1ccccc1)CC2)c1cccnc1Cl. The summed E-state index contributed by atoms with van der Waals surface area (Å²) in [6.45, 7) is 2.74. The molecule has 1 N–H and O–H groups in total. The molecule has 1 aliphatic heterocycles. The second kappa shape index (κ2) is 7.53. The lowest BCUT2D eigenvalue weighted by molar-refractivity contribution is 0.102. The van der Waals surface area contributed by atoms with Gasteiger partial charge < -0.3 is 0 Å². The number of amides is 1. The Bertz CT molecular complexity index is 928. The van der Waals surface area contributed by atoms with Crippen molar-refractivity contribution in [2.75, 3.05) is 11.9 Å². The predicted octanol–water partition coefficient (Wildman–Crippen LogP) is 4.00. The summed E-state index contributed by atoms with van der Waals surface area (Å²) >= 11 is 7.52. The van der Waals surface area contributed by atoms with E-state index in [2.05, 4.69) is 44.5 Å². The van der Waals surface area contributed by atoms with E-state index in [1.54, 1.807) is 18.3 Å². The normalized spacial score (nSPS) is 14.0. The van der Waals surface area contributed by atoms with Crippen LogP contribution < -0.4 is 5.32 Å². The van der Waals surface area contributed by atoms with Crippen LogP contribution in [0.5, 0.6) is 0 Å². The van der Waals surface area contributed by atoms with Crippen LogP contribution in [0.1, 0.15) is 26.5 Å². The zero-order valence-corrected chi connectivity index (χ0v) is 15.6. The fourth-order valence-electron chi connectivity index (χ4n) is 3.00. The highest BCUT2D eigenvalue weighted by Gasteiger charge is 2.22. The Balaban J connectivity index is 1.44. The van der Waals surface area contributed by atoms with E-state index in [-0.39, 0.29) is 11.1 Å². The lowest BCUT2D eigenvalue weighted by Gasteiger charge is -2.25. The van der Waals surface area contributed by atoms with Gasteiger partial charge in [-0.15, -0.1) is 11.3 Å². The number of pyridine rings is 1. The third kappa shape index (κ3) is 3.77. The Morgan fingerprint density at radius 2 is 2.08 bits per heavy atom. The van der Waals surface area contributed by atoms with E-state index in [1.807, 2.05) is 6.07 Å². The van der Waals surface area contributed by atoms with Crippen molar-refractivity contribution < 1.29 is 4.79 Å². The third-order valence-corrected chi connectivity index (χ3v) is 5.58. The molecule has 3 heterocycles. The van der Waals surface area contributed by atoms with Gasteiger partial charge in [-0.25, -0.2) is 9.97 Å². The molecule has 0 atom stereocenters. The highest BCUT2D eigenvalue weighted by atomic mass is 35.5. The molecule has 5 nitrogen and oxygen atoms in total. The molecule has 132 valence electrons. The number of nitrogens with one attached hydrogen (secondary N) is 1. The number of hydrogen-bond donors (Lipinski definition) is 1. The molecule has 4 rings (SSSR count). The Morgan fingerprint density at radius 3 is 2.88 bits per heavy atom. The van der Waals surface area contributed by atoms with Gasteiger partial charge in [0.1, 0.15) is 5.15 Å². The zero-order valence-electron chi connectivity index (χ0n) is 14.0. The van der Waals surface area contributed by atoms with E-state index in [1.165, 1.54) is 21.8 Å². The standard InChI is InChI=1S/C19H17ClN4OS/c20-17-14(7-4-9-21-17)18(25)23-19-22-15-8-10-24(12-16(15)26-19)11-13-5-2-1-3-6-13/h1-7,9H,8,10-12H2,(H,22,23,25). The molecule has 0 aliphatic carbocycles. The second-order valence-electron chi connectivity index (χ2n) is 6.13. The summed E-state index contributed by atoms with van der Waals surface area (Å²) in [7, 11) is 0. The molecule has 0 radical (unpaired) electrons. The Kier molecular flexibility index (Phi) is 4.97. The van der Waals surface area contributed by atoms with Gasteiger partial charge in [-0.2, -0.15) is 0 Å². The molecule has 0 saturated carbocycles. The van der Waals surface area contributed by atoms with Gasteiger partial charge in [0.2, 0.25) is 0 Å². The van der Waals surface area contributed by atoms with Crippen molar-refractivity contribution in [3.05, 3.63) is 75.5 Å². The molecule has 1 amide bonds. The molecule has 1 aromatic carbocycles. The Morgan fingerprint density at radius 1 is 1.23 bits per heavy atom. The van der Waals surface area contributed by atoms with Crippen LogP contribution in [0, 0.1) is 0 Å². The van der Waals surface area contributed by atoms with Crippen molar-refractivity contribution in [1.82, 2.24) is 14.9 Å². The minimum Gasteiger partial charge on any atom is -0.298 e. The minimum absolute atomic E-state index is 0.195. The molecule has 3 aromatic rings. The molecule has 1 aliphatic rings. The van der Waals surface area contributed by atoms with Crippen LogP contribution in [-0.2, 0) is 19.5 Å². The quantitative estimate of drug-likeness (QED) is 0.690. The van der Waals surface area contributed by atoms with Gasteiger partial charge >= 0.3 is 0 Å². The Hall–Kier alpha value is -2.28. The van der Waals surface area contributed by atoms with E-state index in [9.17, 15) is 4.79 Å². The number of rotatable bonds is 4. The largest absolute Gasteiger partial charge is 0.298 e. The second-order valence-corrected chi connectivity index (χ2v) is 7.57. The highest BCUT2D eigenvalue weighted by Crippen LogP contribution is 2.29. The van der Waals surface area contributed by atoms with Gasteiger partial charge in [-0.1, -0.05) is 41.9 Å². The fraction of sp³-hybridized carbons (Fsp3) is 0.211. The van der Waals surface area contributed by atoms with Gasteiger partial charge in [0, 0.05) is 37.1 Å². The first-order chi connectivity index (χ1) is 12.7. The minimum atomic E-state index is -0.282. The maximum Gasteiger partial charge on any atom is 0.260 e. The van der Waals surface area contributed by atoms with E-state index >= 15 is 0 Å². The number of carbonyl (C=O) groups is 1. The fourth-order valence-corrected chi connectivity index (χ4v) is 4.25. The number of benzene rings is 1. The van der Waals surface area contributed by atoms with Crippen molar-refractivity contribution in [1.29, 1.82) is 0 Å². The first-order valence-electron chi connectivity index (χ1n) is 8.36. The molecule has 0 bridgehead atoms. The van der Waals surface area contributed by atoms with Crippen LogP contribution in [0.15, 0.2) is 48.7 Å². The first kappa shape index (κ1) is 17.1. The van der Waals surface area contributed by atoms with Crippen LogP contribution in [0.4, 0.5) is 5.13 Å². The van der Waals surface area contributed by atoms with Crippen molar-refractivity contribution in [3.63, 3.8) is 0 Å². The topological polar surface area (TPSA) is 58.1 Å². The molecule has 26 heavy (non-hydrogen) atoms. The summed E-state index contributed by atoms with van der Waals surface area (Å²) in [6, 6.07) is 13.8. The summed E-state index contributed by atoms with van der Waals surface area (Å²) in [5.74, 6) is -0.282. The van der Waals surface area contributed by atoms with Crippen molar-refractivity contribution >= 4 is 34.0 Å². The monoisotopic (exact) mass is 384 g/mol. The highest BCUT2D eigenvalue weighted by molar-refractivity contribution is 7.15. The zero-order chi connectivity index (χ0) is 17.9. The van der Waals surface area contributed by atoms with Gasteiger partial charge in [0.25, 0.3) is 5.91 Å². The van der Waals surface area contributed by atoms with E-state index in [4.69, 9.17) is 11.6 Å². The van der Waals surface area contributed by atoms with Crippen molar-refractivity contribution in [3.8, 4) is 0 Å². The molecular weight excluding hydrogens is 368 g/mol. The molecule has 0 spiro atoms. The number of anilines is 1. The average molecular weight is 385 g/mol. The van der Waals surface area contributed by atoms with Crippen molar-refractivity contribution in [2.45, 2.75) is 19.5 Å². The van der Waals surface area contributed by atoms with Crippen molar-refractivity contribution in [2.24, 2.45) is 0 Å². The first-order valence-corrected chi connectivity index (χ1v) is 9.55. The Labute approximate surface area is 160 Å². The molecule has 0 fully saturated rings. The predicted molar refractivity (Wildman–Crippen MR) is 104 cm³/mol. The van der Waals surface area contributed by atoms with Crippen LogP contribution in [-0.4, -0.2) is 27.3 Å². The summed E-state index contributed by atoms with van der Waals surface area (Å²) in [5.41, 5.74) is 2.74. The number of thiazole rings is 1. The van der Waals surface area contributed by atoms with E-state index in [0.717, 1.165) is 31.7 Å². The summed E-state index contributed by atoms with van der Waals surface area (Å²) < 4.78 is 0. The number of carbonyl (C=O) groups excluding carboxylic acids is 1. The summed E-state index contributed by atoms with van der Waals surface area (Å²) in [6.07, 6.45) is 2.45. The van der Waals surface area contributed by atoms with Crippen LogP contribution >= 0.6 is 22.9 Å². The summed E-state index contributed by atoms with van der Waals surface area (Å²) in [5, 5.41) is 3.65. The van der Waals surface area contributed by atoms with Gasteiger partial charge in [0.05, 0.1) is 11.3 Å². The van der Waals surface area contributed by atoms with Crippen LogP contribution in [0.25, 0.3) is 0 Å². The van der Waals surface area contributed by atoms with Crippen LogP contribution in [0.2, 0.25) is 5.15 Å². The smallest absolute Gasteiger partial charge is 0.260 e. The molecule has 2 aromatic heterocycles. The molecule has 0 saturated heterocycles. The van der Waals surface area contributed by atoms with E-state index < -0.39 is 0 Å². The third-order valence-electron chi connectivity index (χ3n) is 4.28. The number of hydrogen-bond acceptors (Lipinski definition) is 5. The van der Waals surface area contributed by atoms with Gasteiger partial charge in [-0.3, -0.25) is 15.0 Å². The lowest BCUT2D eigenvalue weighted by atomic mass is 10.1. The maximum atomic E-state index is 12.4. The average Bonchev–Trinajstić information content (AvgIpc) is 3.04. The molecular formula is C19H17ClN4OS. The lowest BCUT2D eigenvalue weighted by Crippen LogP contribution is -2.29. The van der Waals surface area contributed by atoms with E-state index in [0.29, 0.717) is 10.7 Å². The number of fused-ring (bicyclic) bond motifs is 1. The van der Waals surface area contributed by atoms with Gasteiger partial charge in [0.15, 0.2) is 5.13 Å². The molecule has 0 unspecified atom stereocenters. The summed E-state index contributed by atoms with van der Waals surface area (Å²) in [4.78, 5) is 24.5. The number of aromatic nitrogens is 2. The maximum absolute atomic E-state index is 12.4. The van der Waals surface area contributed by atoms with Crippen LogP contribution in [0.3, 0.4) is 0 Å². The molecule has 7 heteroatoms. The van der Waals surface area contributed by atoms with Gasteiger partial charge in [-0.05, 0) is 17.7 Å².